The van der Waals surface area contributed by atoms with Crippen LogP contribution in [0.5, 0.6) is 5.75 Å². The van der Waals surface area contributed by atoms with Crippen molar-refractivity contribution < 1.29 is 4.74 Å². The van der Waals surface area contributed by atoms with Gasteiger partial charge in [-0.1, -0.05) is 0 Å². The van der Waals surface area contributed by atoms with Gasteiger partial charge in [-0.2, -0.15) is 5.26 Å². The van der Waals surface area contributed by atoms with E-state index in [1.54, 1.807) is 46.4 Å². The zero-order chi connectivity index (χ0) is 18.4. The van der Waals surface area contributed by atoms with Gasteiger partial charge in [0.15, 0.2) is 17.6 Å². The highest BCUT2D eigenvalue weighted by molar-refractivity contribution is 7.19. The number of rotatable bonds is 3. The Morgan fingerprint density at radius 1 is 1.22 bits per heavy atom. The predicted octanol–water partition coefficient (Wildman–Crippen LogP) is 4.23. The van der Waals surface area contributed by atoms with Gasteiger partial charge in [0.1, 0.15) is 16.9 Å². The van der Waals surface area contributed by atoms with Crippen molar-refractivity contribution in [3.63, 3.8) is 0 Å². The van der Waals surface area contributed by atoms with Gasteiger partial charge in [-0.05, 0) is 62.4 Å². The number of ether oxygens (including phenoxy) is 1. The van der Waals surface area contributed by atoms with E-state index in [0.29, 0.717) is 17.1 Å². The number of hydrogen-bond acceptors (Lipinski definition) is 6. The molecule has 0 bridgehead atoms. The molecule has 0 saturated heterocycles. The Morgan fingerprint density at radius 3 is 2.85 bits per heavy atom. The average Bonchev–Trinajstić information content (AvgIpc) is 3.29. The van der Waals surface area contributed by atoms with E-state index in [1.807, 2.05) is 6.92 Å². The summed E-state index contributed by atoms with van der Waals surface area (Å²) in [6.45, 7) is 1.93. The SMILES string of the molecule is CC(Oc1ccc(C#N)cc1)c1nc2c3c4c(sc3ncn2n1)CCCC4. The molecular weight excluding hydrogens is 358 g/mol. The third-order valence-corrected chi connectivity index (χ3v) is 6.17. The summed E-state index contributed by atoms with van der Waals surface area (Å²) < 4.78 is 7.73. The molecule has 3 heterocycles. The number of benzene rings is 1. The third-order valence-electron chi connectivity index (χ3n) is 4.97. The Kier molecular flexibility index (Phi) is 3.80. The van der Waals surface area contributed by atoms with Gasteiger partial charge in [-0.25, -0.2) is 14.5 Å². The van der Waals surface area contributed by atoms with Crippen molar-refractivity contribution in [1.29, 1.82) is 5.26 Å². The van der Waals surface area contributed by atoms with Crippen LogP contribution in [0.2, 0.25) is 0 Å². The Labute approximate surface area is 160 Å². The molecule has 3 aromatic heterocycles. The van der Waals surface area contributed by atoms with Crippen LogP contribution in [0.1, 0.15) is 47.7 Å². The predicted molar refractivity (Wildman–Crippen MR) is 103 cm³/mol. The molecule has 0 aliphatic heterocycles. The van der Waals surface area contributed by atoms with E-state index < -0.39 is 0 Å². The molecule has 5 rings (SSSR count). The summed E-state index contributed by atoms with van der Waals surface area (Å²) in [4.78, 5) is 11.9. The molecule has 0 N–H and O–H groups in total. The van der Waals surface area contributed by atoms with Crippen molar-refractivity contribution >= 4 is 27.2 Å². The fourth-order valence-electron chi connectivity index (χ4n) is 3.61. The highest BCUT2D eigenvalue weighted by Gasteiger charge is 2.22. The molecule has 1 aliphatic rings. The largest absolute Gasteiger partial charge is 0.483 e. The minimum atomic E-state index is -0.303. The molecular formula is C20H17N5OS. The standard InChI is InChI=1S/C20H17N5OS/c1-12(26-14-8-6-13(10-21)7-9-14)18-23-19-17-15-4-2-3-5-16(15)27-20(17)22-11-25(19)24-18/h6-9,11-12H,2-5H2,1H3. The molecule has 0 amide bonds. The van der Waals surface area contributed by atoms with Gasteiger partial charge >= 0.3 is 0 Å². The Hall–Kier alpha value is -2.98. The second-order valence-corrected chi connectivity index (χ2v) is 7.85. The summed E-state index contributed by atoms with van der Waals surface area (Å²) in [5.74, 6) is 1.32. The van der Waals surface area contributed by atoms with Crippen molar-refractivity contribution in [3.8, 4) is 11.8 Å². The summed E-state index contributed by atoms with van der Waals surface area (Å²) in [6, 6.07) is 9.17. The second kappa shape index (κ2) is 6.32. The van der Waals surface area contributed by atoms with E-state index >= 15 is 0 Å². The van der Waals surface area contributed by atoms with Crippen LogP contribution in [0.15, 0.2) is 30.6 Å². The molecule has 0 fully saturated rings. The fraction of sp³-hybridized carbons (Fsp3) is 0.300. The molecule has 1 aromatic carbocycles. The molecule has 0 spiro atoms. The van der Waals surface area contributed by atoms with Crippen LogP contribution in [0.4, 0.5) is 0 Å². The van der Waals surface area contributed by atoms with Crippen LogP contribution in [-0.4, -0.2) is 19.6 Å². The van der Waals surface area contributed by atoms with Crippen LogP contribution in [0.25, 0.3) is 15.9 Å². The average molecular weight is 375 g/mol. The molecule has 1 unspecified atom stereocenters. The molecule has 7 heteroatoms. The van der Waals surface area contributed by atoms with Crippen LogP contribution in [0.3, 0.4) is 0 Å². The number of fused-ring (bicyclic) bond motifs is 5. The molecule has 27 heavy (non-hydrogen) atoms. The van der Waals surface area contributed by atoms with Crippen molar-refractivity contribution in [2.24, 2.45) is 0 Å². The van der Waals surface area contributed by atoms with E-state index in [4.69, 9.17) is 15.0 Å². The maximum atomic E-state index is 8.90. The van der Waals surface area contributed by atoms with Crippen LogP contribution < -0.4 is 4.74 Å². The number of nitrogens with zero attached hydrogens (tertiary/aromatic N) is 5. The zero-order valence-corrected chi connectivity index (χ0v) is 15.7. The first-order chi connectivity index (χ1) is 13.2. The zero-order valence-electron chi connectivity index (χ0n) is 14.8. The van der Waals surface area contributed by atoms with Gasteiger partial charge < -0.3 is 4.74 Å². The molecule has 0 saturated carbocycles. The van der Waals surface area contributed by atoms with Gasteiger partial charge in [0.05, 0.1) is 17.0 Å². The summed E-state index contributed by atoms with van der Waals surface area (Å²) in [6.07, 6.45) is 6.15. The van der Waals surface area contributed by atoms with E-state index in [0.717, 1.165) is 28.7 Å². The van der Waals surface area contributed by atoms with E-state index in [-0.39, 0.29) is 6.10 Å². The minimum Gasteiger partial charge on any atom is -0.483 e. The summed E-state index contributed by atoms with van der Waals surface area (Å²) >= 11 is 1.79. The van der Waals surface area contributed by atoms with Crippen molar-refractivity contribution in [2.45, 2.75) is 38.7 Å². The normalized spacial score (nSPS) is 14.8. The lowest BCUT2D eigenvalue weighted by Gasteiger charge is -2.11. The Bertz CT molecular complexity index is 1190. The lowest BCUT2D eigenvalue weighted by molar-refractivity contribution is 0.216. The molecule has 134 valence electrons. The van der Waals surface area contributed by atoms with Gasteiger partial charge in [0.25, 0.3) is 0 Å². The maximum Gasteiger partial charge on any atom is 0.192 e. The number of nitriles is 1. The van der Waals surface area contributed by atoms with Crippen molar-refractivity contribution in [3.05, 3.63) is 52.4 Å². The maximum absolute atomic E-state index is 8.90. The summed E-state index contributed by atoms with van der Waals surface area (Å²) in [5.41, 5.74) is 2.88. The van der Waals surface area contributed by atoms with Gasteiger partial charge in [0, 0.05) is 4.88 Å². The lowest BCUT2D eigenvalue weighted by atomic mass is 9.97. The highest BCUT2D eigenvalue weighted by Crippen LogP contribution is 2.37. The molecule has 1 atom stereocenters. The summed E-state index contributed by atoms with van der Waals surface area (Å²) in [5, 5.41) is 14.6. The summed E-state index contributed by atoms with van der Waals surface area (Å²) in [7, 11) is 0. The first-order valence-corrected chi connectivity index (χ1v) is 9.87. The number of hydrogen-bond donors (Lipinski definition) is 0. The highest BCUT2D eigenvalue weighted by atomic mass is 32.1. The van der Waals surface area contributed by atoms with Crippen LogP contribution >= 0.6 is 11.3 Å². The first kappa shape index (κ1) is 16.2. The van der Waals surface area contributed by atoms with Gasteiger partial charge in [-0.3, -0.25) is 0 Å². The Balaban J connectivity index is 1.52. The molecule has 0 radical (unpaired) electrons. The van der Waals surface area contributed by atoms with Crippen LogP contribution in [0, 0.1) is 11.3 Å². The van der Waals surface area contributed by atoms with Crippen LogP contribution in [-0.2, 0) is 12.8 Å². The molecule has 1 aliphatic carbocycles. The number of thiophene rings is 1. The van der Waals surface area contributed by atoms with Gasteiger partial charge in [-0.15, -0.1) is 16.4 Å². The second-order valence-electron chi connectivity index (χ2n) is 6.77. The quantitative estimate of drug-likeness (QED) is 0.536. The first-order valence-electron chi connectivity index (χ1n) is 9.05. The molecule has 6 nitrogen and oxygen atoms in total. The minimum absolute atomic E-state index is 0.303. The molecule has 4 aromatic rings. The monoisotopic (exact) mass is 375 g/mol. The topological polar surface area (TPSA) is 76.1 Å². The van der Waals surface area contributed by atoms with Gasteiger partial charge in [0.2, 0.25) is 0 Å². The number of aromatic nitrogens is 4. The van der Waals surface area contributed by atoms with E-state index in [1.165, 1.54) is 23.3 Å². The Morgan fingerprint density at radius 2 is 2.04 bits per heavy atom. The van der Waals surface area contributed by atoms with E-state index in [2.05, 4.69) is 16.2 Å². The van der Waals surface area contributed by atoms with E-state index in [9.17, 15) is 0 Å². The van der Waals surface area contributed by atoms with Crippen molar-refractivity contribution in [2.75, 3.05) is 0 Å². The fourth-order valence-corrected chi connectivity index (χ4v) is 4.83. The number of aryl methyl sites for hydroxylation is 2. The smallest absolute Gasteiger partial charge is 0.192 e. The third kappa shape index (κ3) is 2.73. The lowest BCUT2D eigenvalue weighted by Crippen LogP contribution is -2.05. The van der Waals surface area contributed by atoms with Crippen molar-refractivity contribution in [1.82, 2.24) is 19.6 Å².